The predicted molar refractivity (Wildman–Crippen MR) is 81.3 cm³/mol. The lowest BCUT2D eigenvalue weighted by Gasteiger charge is -2.32. The van der Waals surface area contributed by atoms with Gasteiger partial charge in [-0.1, -0.05) is 0 Å². The molecule has 0 aromatic heterocycles. The fraction of sp³-hybridized carbons (Fsp3) is 0.769. The Hall–Kier alpha value is -1.44. The molecule has 7 nitrogen and oxygen atoms in total. The molecular formula is C13H23N3O4S. The van der Waals surface area contributed by atoms with Crippen LogP contribution in [0.4, 0.5) is 4.79 Å². The summed E-state index contributed by atoms with van der Waals surface area (Å²) in [6.07, 6.45) is 3.51. The van der Waals surface area contributed by atoms with Gasteiger partial charge < -0.3 is 20.6 Å². The van der Waals surface area contributed by atoms with Gasteiger partial charge >= 0.3 is 12.0 Å². The maximum atomic E-state index is 12.1. The highest BCUT2D eigenvalue weighted by molar-refractivity contribution is 7.98. The number of thioether (sulfide) groups is 1. The summed E-state index contributed by atoms with van der Waals surface area (Å²) < 4.78 is 0. The summed E-state index contributed by atoms with van der Waals surface area (Å²) in [7, 11) is 1.60. The smallest absolute Gasteiger partial charge is 0.326 e. The molecule has 1 aliphatic heterocycles. The summed E-state index contributed by atoms with van der Waals surface area (Å²) in [6.45, 7) is 0.942. The maximum Gasteiger partial charge on any atom is 0.326 e. The van der Waals surface area contributed by atoms with Crippen molar-refractivity contribution in [2.24, 2.45) is 5.92 Å². The van der Waals surface area contributed by atoms with Gasteiger partial charge in [0.1, 0.15) is 6.04 Å². The highest BCUT2D eigenvalue weighted by Crippen LogP contribution is 2.17. The molecule has 0 saturated carbocycles. The molecule has 0 unspecified atom stereocenters. The quantitative estimate of drug-likeness (QED) is 0.657. The minimum Gasteiger partial charge on any atom is -0.480 e. The number of carboxylic acid groups (broad SMARTS) is 1. The third-order valence-corrected chi connectivity index (χ3v) is 4.25. The summed E-state index contributed by atoms with van der Waals surface area (Å²) in [6, 6.07) is -1.22. The van der Waals surface area contributed by atoms with Crippen molar-refractivity contribution in [3.63, 3.8) is 0 Å². The monoisotopic (exact) mass is 317 g/mol. The number of aliphatic carboxylic acids is 1. The van der Waals surface area contributed by atoms with Crippen LogP contribution >= 0.6 is 11.8 Å². The van der Waals surface area contributed by atoms with E-state index in [9.17, 15) is 14.4 Å². The van der Waals surface area contributed by atoms with Crippen LogP contribution < -0.4 is 10.6 Å². The van der Waals surface area contributed by atoms with Crippen LogP contribution in [-0.4, -0.2) is 66.1 Å². The number of carbonyl (C=O) groups excluding carboxylic acids is 2. The second-order valence-electron chi connectivity index (χ2n) is 5.00. The molecule has 8 heteroatoms. The minimum absolute atomic E-state index is 0.00144. The van der Waals surface area contributed by atoms with Gasteiger partial charge in [-0.3, -0.25) is 4.79 Å². The average molecular weight is 317 g/mol. The molecule has 1 saturated heterocycles. The molecule has 0 aromatic carbocycles. The fourth-order valence-electron chi connectivity index (χ4n) is 2.28. The second-order valence-corrected chi connectivity index (χ2v) is 5.98. The van der Waals surface area contributed by atoms with Crippen LogP contribution in [0.25, 0.3) is 0 Å². The number of nitrogens with one attached hydrogen (secondary N) is 2. The number of amides is 3. The van der Waals surface area contributed by atoms with Crippen LogP contribution in [0.5, 0.6) is 0 Å². The fourth-order valence-corrected chi connectivity index (χ4v) is 2.75. The molecule has 120 valence electrons. The Kier molecular flexibility index (Phi) is 7.35. The Labute approximate surface area is 128 Å². The van der Waals surface area contributed by atoms with Crippen molar-refractivity contribution < 1.29 is 19.5 Å². The molecule has 0 aromatic rings. The van der Waals surface area contributed by atoms with E-state index in [4.69, 9.17) is 5.11 Å². The SMILES string of the molecule is CNC(=O)C1CCN(C(=O)N[C@@H](CCSC)C(=O)O)CC1. The van der Waals surface area contributed by atoms with E-state index >= 15 is 0 Å². The van der Waals surface area contributed by atoms with Crippen LogP contribution in [0.1, 0.15) is 19.3 Å². The van der Waals surface area contributed by atoms with Crippen molar-refractivity contribution in [3.8, 4) is 0 Å². The average Bonchev–Trinajstić information content (AvgIpc) is 2.50. The molecule has 21 heavy (non-hydrogen) atoms. The van der Waals surface area contributed by atoms with Crippen LogP contribution in [0.3, 0.4) is 0 Å². The van der Waals surface area contributed by atoms with Crippen molar-refractivity contribution in [1.82, 2.24) is 15.5 Å². The lowest BCUT2D eigenvalue weighted by atomic mass is 9.96. The lowest BCUT2D eigenvalue weighted by Crippen LogP contribution is -2.51. The van der Waals surface area contributed by atoms with Crippen LogP contribution in [0.15, 0.2) is 0 Å². The van der Waals surface area contributed by atoms with E-state index in [1.165, 1.54) is 0 Å². The minimum atomic E-state index is -1.02. The van der Waals surface area contributed by atoms with Crippen LogP contribution in [-0.2, 0) is 9.59 Å². The number of rotatable bonds is 6. The van der Waals surface area contributed by atoms with Gasteiger partial charge in [0.25, 0.3) is 0 Å². The van der Waals surface area contributed by atoms with E-state index in [1.807, 2.05) is 6.26 Å². The molecule has 0 bridgehead atoms. The van der Waals surface area contributed by atoms with Gasteiger partial charge in [-0.25, -0.2) is 9.59 Å². The number of carbonyl (C=O) groups is 3. The number of carboxylic acids is 1. The first kappa shape index (κ1) is 17.6. The molecule has 0 spiro atoms. The summed E-state index contributed by atoms with van der Waals surface area (Å²) in [5.74, 6) is -0.405. The van der Waals surface area contributed by atoms with Gasteiger partial charge in [0.2, 0.25) is 5.91 Å². The molecule has 1 heterocycles. The number of urea groups is 1. The maximum absolute atomic E-state index is 12.1. The zero-order chi connectivity index (χ0) is 15.8. The van der Waals surface area contributed by atoms with E-state index in [0.29, 0.717) is 38.1 Å². The summed E-state index contributed by atoms with van der Waals surface area (Å²) in [5.41, 5.74) is 0. The Bertz CT molecular complexity index is 384. The molecule has 1 rings (SSSR count). The molecular weight excluding hydrogens is 294 g/mol. The number of hydrogen-bond donors (Lipinski definition) is 3. The van der Waals surface area contributed by atoms with E-state index in [2.05, 4.69) is 10.6 Å². The van der Waals surface area contributed by atoms with Crippen LogP contribution in [0, 0.1) is 5.92 Å². The number of nitrogens with zero attached hydrogens (tertiary/aromatic N) is 1. The third-order valence-electron chi connectivity index (χ3n) is 3.61. The van der Waals surface area contributed by atoms with E-state index < -0.39 is 12.0 Å². The van der Waals surface area contributed by atoms with E-state index in [0.717, 1.165) is 0 Å². The molecule has 1 fully saturated rings. The number of hydrogen-bond acceptors (Lipinski definition) is 4. The summed E-state index contributed by atoms with van der Waals surface area (Å²) >= 11 is 1.54. The van der Waals surface area contributed by atoms with Crippen molar-refractivity contribution in [2.45, 2.75) is 25.3 Å². The Morgan fingerprint density at radius 3 is 2.43 bits per heavy atom. The van der Waals surface area contributed by atoms with Crippen molar-refractivity contribution in [3.05, 3.63) is 0 Å². The topological polar surface area (TPSA) is 98.7 Å². The standard InChI is InChI=1S/C13H23N3O4S/c1-14-11(17)9-3-6-16(7-4-9)13(20)15-10(12(18)19)5-8-21-2/h9-10H,3-8H2,1-2H3,(H,14,17)(H,15,20)(H,18,19)/t10-/m0/s1. The molecule has 0 radical (unpaired) electrons. The molecule has 3 amide bonds. The predicted octanol–water partition coefficient (Wildman–Crippen LogP) is 0.360. The van der Waals surface area contributed by atoms with E-state index in [1.54, 1.807) is 23.7 Å². The second kappa shape index (κ2) is 8.76. The first-order chi connectivity index (χ1) is 9.99. The van der Waals surface area contributed by atoms with Gasteiger partial charge in [-0.05, 0) is 31.3 Å². The first-order valence-corrected chi connectivity index (χ1v) is 8.37. The van der Waals surface area contributed by atoms with Gasteiger partial charge in [0.15, 0.2) is 0 Å². The third kappa shape index (κ3) is 5.45. The highest BCUT2D eigenvalue weighted by Gasteiger charge is 2.28. The normalized spacial score (nSPS) is 17.1. The number of piperidine rings is 1. The lowest BCUT2D eigenvalue weighted by molar-refractivity contribution is -0.139. The van der Waals surface area contributed by atoms with E-state index in [-0.39, 0.29) is 17.9 Å². The van der Waals surface area contributed by atoms with Crippen molar-refractivity contribution >= 4 is 29.7 Å². The molecule has 1 aliphatic rings. The zero-order valence-electron chi connectivity index (χ0n) is 12.4. The van der Waals surface area contributed by atoms with Crippen molar-refractivity contribution in [2.75, 3.05) is 32.1 Å². The Morgan fingerprint density at radius 2 is 1.95 bits per heavy atom. The molecule has 1 atom stereocenters. The zero-order valence-corrected chi connectivity index (χ0v) is 13.2. The molecule has 3 N–H and O–H groups in total. The van der Waals surface area contributed by atoms with Crippen molar-refractivity contribution in [1.29, 1.82) is 0 Å². The largest absolute Gasteiger partial charge is 0.480 e. The van der Waals surface area contributed by atoms with Crippen LogP contribution in [0.2, 0.25) is 0 Å². The Balaban J connectivity index is 2.45. The summed E-state index contributed by atoms with van der Waals surface area (Å²) in [4.78, 5) is 36.3. The summed E-state index contributed by atoms with van der Waals surface area (Å²) in [5, 5.41) is 14.3. The van der Waals surface area contributed by atoms with Gasteiger partial charge in [0, 0.05) is 26.1 Å². The van der Waals surface area contributed by atoms with Gasteiger partial charge in [-0.2, -0.15) is 11.8 Å². The highest BCUT2D eigenvalue weighted by atomic mass is 32.2. The number of likely N-dealkylation sites (tertiary alicyclic amines) is 1. The Morgan fingerprint density at radius 1 is 1.33 bits per heavy atom. The van der Waals surface area contributed by atoms with Gasteiger partial charge in [0.05, 0.1) is 0 Å². The van der Waals surface area contributed by atoms with Gasteiger partial charge in [-0.15, -0.1) is 0 Å². The first-order valence-electron chi connectivity index (χ1n) is 6.98. The molecule has 0 aliphatic carbocycles.